The van der Waals surface area contributed by atoms with E-state index < -0.39 is 0 Å². The number of nitrogens with one attached hydrogen (secondary N) is 2. The zero-order valence-corrected chi connectivity index (χ0v) is 17.6. The Bertz CT molecular complexity index is 1030. The molecule has 30 heavy (non-hydrogen) atoms. The number of carbonyl (C=O) groups excluding carboxylic acids is 2. The molecule has 0 heterocycles. The summed E-state index contributed by atoms with van der Waals surface area (Å²) in [5, 5.41) is 6.40. The molecule has 154 valence electrons. The molecular formula is C24H23ClN2O3. The number of halogens is 1. The van der Waals surface area contributed by atoms with Crippen LogP contribution in [0.1, 0.15) is 41.4 Å². The Morgan fingerprint density at radius 2 is 1.73 bits per heavy atom. The summed E-state index contributed by atoms with van der Waals surface area (Å²) in [5.74, 6) is 0.124. The Morgan fingerprint density at radius 1 is 1.00 bits per heavy atom. The standard InChI is InChI=1S/C24H23ClN2O3/c1-16(19-6-5-7-21(14-19)27-17(2)28)26-24(29)22-8-3-4-9-23(22)30-15-18-10-12-20(25)13-11-18/h3-14,16H,15H2,1-2H3,(H,26,29)(H,27,28). The Balaban J connectivity index is 1.69. The molecule has 2 amide bonds. The third-order valence-electron chi connectivity index (χ3n) is 4.49. The van der Waals surface area contributed by atoms with E-state index in [0.717, 1.165) is 11.1 Å². The van der Waals surface area contributed by atoms with E-state index in [1.807, 2.05) is 43.3 Å². The van der Waals surface area contributed by atoms with Gasteiger partial charge in [0.15, 0.2) is 0 Å². The molecule has 0 saturated carbocycles. The second-order valence-electron chi connectivity index (χ2n) is 6.91. The van der Waals surface area contributed by atoms with Gasteiger partial charge in [-0.05, 0) is 54.4 Å². The Kier molecular flexibility index (Phi) is 7.09. The number of benzene rings is 3. The van der Waals surface area contributed by atoms with Gasteiger partial charge >= 0.3 is 0 Å². The van der Waals surface area contributed by atoms with Gasteiger partial charge in [0.2, 0.25) is 5.91 Å². The van der Waals surface area contributed by atoms with Crippen molar-refractivity contribution in [3.05, 3.63) is 94.5 Å². The van der Waals surface area contributed by atoms with E-state index in [1.54, 1.807) is 36.4 Å². The average molecular weight is 423 g/mol. The topological polar surface area (TPSA) is 67.4 Å². The SMILES string of the molecule is CC(=O)Nc1cccc(C(C)NC(=O)c2ccccc2OCc2ccc(Cl)cc2)c1. The van der Waals surface area contributed by atoms with E-state index in [1.165, 1.54) is 6.92 Å². The molecule has 0 aliphatic heterocycles. The molecule has 0 aliphatic rings. The van der Waals surface area contributed by atoms with E-state index >= 15 is 0 Å². The fourth-order valence-electron chi connectivity index (χ4n) is 2.97. The van der Waals surface area contributed by atoms with Gasteiger partial charge in [0.25, 0.3) is 5.91 Å². The minimum atomic E-state index is -0.254. The molecule has 0 bridgehead atoms. The van der Waals surface area contributed by atoms with Crippen molar-refractivity contribution in [2.75, 3.05) is 5.32 Å². The molecule has 0 saturated heterocycles. The molecule has 3 aromatic rings. The molecule has 1 atom stereocenters. The number of para-hydroxylation sites is 1. The highest BCUT2D eigenvalue weighted by atomic mass is 35.5. The van der Waals surface area contributed by atoms with Gasteiger partial charge in [-0.2, -0.15) is 0 Å². The molecule has 6 heteroatoms. The lowest BCUT2D eigenvalue weighted by Gasteiger charge is -2.17. The third kappa shape index (κ3) is 5.84. The Morgan fingerprint density at radius 3 is 2.47 bits per heavy atom. The lowest BCUT2D eigenvalue weighted by molar-refractivity contribution is -0.114. The van der Waals surface area contributed by atoms with E-state index in [0.29, 0.717) is 28.6 Å². The molecular weight excluding hydrogens is 400 g/mol. The van der Waals surface area contributed by atoms with Gasteiger partial charge in [0.1, 0.15) is 12.4 Å². The minimum Gasteiger partial charge on any atom is -0.488 e. The molecule has 0 spiro atoms. The van der Waals surface area contributed by atoms with Gasteiger partial charge in [-0.3, -0.25) is 9.59 Å². The molecule has 3 aromatic carbocycles. The number of carbonyl (C=O) groups is 2. The summed E-state index contributed by atoms with van der Waals surface area (Å²) in [6.07, 6.45) is 0. The number of ether oxygens (including phenoxy) is 1. The lowest BCUT2D eigenvalue weighted by atomic mass is 10.1. The summed E-state index contributed by atoms with van der Waals surface area (Å²) in [6.45, 7) is 3.68. The molecule has 3 rings (SSSR count). The van der Waals surface area contributed by atoms with Crippen molar-refractivity contribution in [1.82, 2.24) is 5.32 Å². The maximum Gasteiger partial charge on any atom is 0.255 e. The maximum atomic E-state index is 12.9. The predicted molar refractivity (Wildman–Crippen MR) is 119 cm³/mol. The Hall–Kier alpha value is -3.31. The first kappa shape index (κ1) is 21.4. The van der Waals surface area contributed by atoms with E-state index in [-0.39, 0.29) is 17.9 Å². The number of anilines is 1. The van der Waals surface area contributed by atoms with E-state index in [4.69, 9.17) is 16.3 Å². The first-order valence-corrected chi connectivity index (χ1v) is 9.95. The summed E-state index contributed by atoms with van der Waals surface area (Å²) in [5.41, 5.74) is 2.98. The van der Waals surface area contributed by atoms with Crippen LogP contribution in [0.2, 0.25) is 5.02 Å². The van der Waals surface area contributed by atoms with Crippen molar-refractivity contribution >= 4 is 29.1 Å². The van der Waals surface area contributed by atoms with Crippen LogP contribution in [0.25, 0.3) is 0 Å². The number of hydrogen-bond acceptors (Lipinski definition) is 3. The molecule has 0 aliphatic carbocycles. The van der Waals surface area contributed by atoms with Gasteiger partial charge in [0, 0.05) is 17.6 Å². The molecule has 5 nitrogen and oxygen atoms in total. The summed E-state index contributed by atoms with van der Waals surface area (Å²) < 4.78 is 5.88. The fraction of sp³-hybridized carbons (Fsp3) is 0.167. The number of rotatable bonds is 7. The van der Waals surface area contributed by atoms with Gasteiger partial charge in [-0.1, -0.05) is 48.0 Å². The third-order valence-corrected chi connectivity index (χ3v) is 4.75. The molecule has 0 fully saturated rings. The van der Waals surface area contributed by atoms with E-state index in [9.17, 15) is 9.59 Å². The Labute approximate surface area is 181 Å². The second-order valence-corrected chi connectivity index (χ2v) is 7.35. The quantitative estimate of drug-likeness (QED) is 0.538. The van der Waals surface area contributed by atoms with Crippen molar-refractivity contribution in [1.29, 1.82) is 0 Å². The fourth-order valence-corrected chi connectivity index (χ4v) is 3.09. The van der Waals surface area contributed by atoms with Crippen molar-refractivity contribution in [3.8, 4) is 5.75 Å². The zero-order valence-electron chi connectivity index (χ0n) is 16.8. The molecule has 2 N–H and O–H groups in total. The first-order valence-electron chi connectivity index (χ1n) is 9.57. The summed E-state index contributed by atoms with van der Waals surface area (Å²) >= 11 is 5.91. The maximum absolute atomic E-state index is 12.9. The van der Waals surface area contributed by atoms with Crippen molar-refractivity contribution in [2.24, 2.45) is 0 Å². The largest absolute Gasteiger partial charge is 0.488 e. The summed E-state index contributed by atoms with van der Waals surface area (Å²) in [7, 11) is 0. The van der Waals surface area contributed by atoms with Gasteiger partial charge in [0.05, 0.1) is 11.6 Å². The van der Waals surface area contributed by atoms with Crippen molar-refractivity contribution in [2.45, 2.75) is 26.5 Å². The highest BCUT2D eigenvalue weighted by Gasteiger charge is 2.16. The number of hydrogen-bond donors (Lipinski definition) is 2. The van der Waals surface area contributed by atoms with Crippen LogP contribution in [0.15, 0.2) is 72.8 Å². The average Bonchev–Trinajstić information content (AvgIpc) is 2.73. The lowest BCUT2D eigenvalue weighted by Crippen LogP contribution is -2.27. The summed E-state index contributed by atoms with van der Waals surface area (Å²) in [6, 6.07) is 21.6. The summed E-state index contributed by atoms with van der Waals surface area (Å²) in [4.78, 5) is 24.2. The minimum absolute atomic E-state index is 0.143. The van der Waals surface area contributed by atoms with Crippen LogP contribution in [0.5, 0.6) is 5.75 Å². The van der Waals surface area contributed by atoms with Crippen LogP contribution in [0.3, 0.4) is 0 Å². The van der Waals surface area contributed by atoms with Crippen LogP contribution in [0.4, 0.5) is 5.69 Å². The van der Waals surface area contributed by atoms with E-state index in [2.05, 4.69) is 10.6 Å². The van der Waals surface area contributed by atoms with Crippen molar-refractivity contribution < 1.29 is 14.3 Å². The van der Waals surface area contributed by atoms with Crippen LogP contribution in [0, 0.1) is 0 Å². The smallest absolute Gasteiger partial charge is 0.255 e. The van der Waals surface area contributed by atoms with Gasteiger partial charge < -0.3 is 15.4 Å². The molecule has 0 radical (unpaired) electrons. The highest BCUT2D eigenvalue weighted by Crippen LogP contribution is 2.22. The van der Waals surface area contributed by atoms with Gasteiger partial charge in [-0.25, -0.2) is 0 Å². The first-order chi connectivity index (χ1) is 14.4. The zero-order chi connectivity index (χ0) is 21.5. The monoisotopic (exact) mass is 422 g/mol. The van der Waals surface area contributed by atoms with Crippen LogP contribution in [-0.4, -0.2) is 11.8 Å². The van der Waals surface area contributed by atoms with Crippen LogP contribution in [-0.2, 0) is 11.4 Å². The van der Waals surface area contributed by atoms with Crippen LogP contribution < -0.4 is 15.4 Å². The molecule has 1 unspecified atom stereocenters. The highest BCUT2D eigenvalue weighted by molar-refractivity contribution is 6.30. The number of amides is 2. The van der Waals surface area contributed by atoms with Crippen molar-refractivity contribution in [3.63, 3.8) is 0 Å². The predicted octanol–water partition coefficient (Wildman–Crippen LogP) is 5.37. The second kappa shape index (κ2) is 9.94. The van der Waals surface area contributed by atoms with Crippen LogP contribution >= 0.6 is 11.6 Å². The molecule has 0 aromatic heterocycles. The van der Waals surface area contributed by atoms with Gasteiger partial charge in [-0.15, -0.1) is 0 Å². The normalized spacial score (nSPS) is 11.4.